The molecule has 1 aliphatic heterocycles. The van der Waals surface area contributed by atoms with Gasteiger partial charge in [0.2, 0.25) is 0 Å². The van der Waals surface area contributed by atoms with Gasteiger partial charge in [-0.25, -0.2) is 0 Å². The van der Waals surface area contributed by atoms with E-state index in [-0.39, 0.29) is 5.41 Å². The van der Waals surface area contributed by atoms with Crippen LogP contribution in [0.2, 0.25) is 0 Å². The van der Waals surface area contributed by atoms with Gasteiger partial charge < -0.3 is 5.32 Å². The molecule has 0 saturated carbocycles. The Morgan fingerprint density at radius 2 is 1.42 bits per heavy atom. The zero-order valence-corrected chi connectivity index (χ0v) is 15.0. The number of rotatable bonds is 2. The Hall–Kier alpha value is -2.38. The smallest absolute Gasteiger partial charge is 0.0333 e. The van der Waals surface area contributed by atoms with E-state index in [9.17, 15) is 0 Å². The number of benzene rings is 1. The van der Waals surface area contributed by atoms with Gasteiger partial charge in [0, 0.05) is 29.3 Å². The summed E-state index contributed by atoms with van der Waals surface area (Å²) in [5.74, 6) is 0.843. The van der Waals surface area contributed by atoms with Gasteiger partial charge in [-0.1, -0.05) is 103 Å². The molecule has 1 heteroatoms. The lowest BCUT2D eigenvalue weighted by atomic mass is 9.51. The first-order valence-electron chi connectivity index (χ1n) is 9.78. The van der Waals surface area contributed by atoms with Gasteiger partial charge in [0.1, 0.15) is 0 Å². The first kappa shape index (κ1) is 15.8. The first-order chi connectivity index (χ1) is 12.9. The lowest BCUT2D eigenvalue weighted by molar-refractivity contribution is 0.154. The van der Waals surface area contributed by atoms with Gasteiger partial charge >= 0.3 is 0 Å². The molecule has 0 spiro atoms. The Morgan fingerprint density at radius 3 is 2.04 bits per heavy atom. The van der Waals surface area contributed by atoms with Gasteiger partial charge in [0.15, 0.2) is 0 Å². The molecule has 1 saturated heterocycles. The van der Waals surface area contributed by atoms with Crippen molar-refractivity contribution in [2.75, 3.05) is 0 Å². The van der Waals surface area contributed by atoms with Crippen LogP contribution < -0.4 is 5.32 Å². The topological polar surface area (TPSA) is 12.0 Å². The molecule has 0 bridgehead atoms. The fraction of sp³-hybridized carbons (Fsp3) is 0.280. The molecule has 3 aliphatic carbocycles. The molecule has 26 heavy (non-hydrogen) atoms. The van der Waals surface area contributed by atoms with Crippen LogP contribution in [0.15, 0.2) is 103 Å². The van der Waals surface area contributed by atoms with Crippen molar-refractivity contribution in [3.63, 3.8) is 0 Å². The van der Waals surface area contributed by atoms with Crippen LogP contribution in [0.25, 0.3) is 0 Å². The lowest BCUT2D eigenvalue weighted by Gasteiger charge is -2.57. The van der Waals surface area contributed by atoms with E-state index in [0.29, 0.717) is 23.9 Å². The van der Waals surface area contributed by atoms with Gasteiger partial charge in [-0.15, -0.1) is 0 Å². The quantitative estimate of drug-likeness (QED) is 0.797. The van der Waals surface area contributed by atoms with E-state index in [1.165, 1.54) is 5.56 Å². The van der Waals surface area contributed by atoms with Crippen molar-refractivity contribution in [3.8, 4) is 0 Å². The van der Waals surface area contributed by atoms with Gasteiger partial charge in [-0.05, 0) is 18.4 Å². The van der Waals surface area contributed by atoms with Gasteiger partial charge in [-0.3, -0.25) is 0 Å². The summed E-state index contributed by atoms with van der Waals surface area (Å²) >= 11 is 0. The summed E-state index contributed by atoms with van der Waals surface area (Å²) < 4.78 is 0. The molecule has 1 aromatic carbocycles. The number of hydrogen-bond donors (Lipinski definition) is 1. The van der Waals surface area contributed by atoms with Gasteiger partial charge in [-0.2, -0.15) is 0 Å². The number of hydrogen-bond acceptors (Lipinski definition) is 1. The first-order valence-corrected chi connectivity index (χ1v) is 9.78. The molecule has 1 nitrogen and oxygen atoms in total. The SMILES string of the molecule is C1=CCCC(C2(c3ccccc3)C3C=CC=CC3NC3C=CC=CC32)=C1. The van der Waals surface area contributed by atoms with Crippen LogP contribution in [0.4, 0.5) is 0 Å². The molecule has 0 amide bonds. The summed E-state index contributed by atoms with van der Waals surface area (Å²) in [5, 5.41) is 3.90. The van der Waals surface area contributed by atoms with E-state index in [1.54, 1.807) is 5.57 Å². The highest BCUT2D eigenvalue weighted by molar-refractivity contribution is 5.49. The Labute approximate surface area is 156 Å². The van der Waals surface area contributed by atoms with Crippen LogP contribution in [-0.4, -0.2) is 12.1 Å². The molecule has 4 unspecified atom stereocenters. The predicted molar refractivity (Wildman–Crippen MR) is 109 cm³/mol. The Bertz CT molecular complexity index is 815. The fourth-order valence-corrected chi connectivity index (χ4v) is 5.51. The molecule has 5 rings (SSSR count). The molecule has 1 aromatic rings. The van der Waals surface area contributed by atoms with E-state index in [0.717, 1.165) is 12.8 Å². The number of nitrogens with one attached hydrogen (secondary N) is 1. The molecule has 130 valence electrons. The maximum Gasteiger partial charge on any atom is 0.0333 e. The monoisotopic (exact) mass is 339 g/mol. The van der Waals surface area contributed by atoms with E-state index in [2.05, 4.69) is 102 Å². The third-order valence-corrected chi connectivity index (χ3v) is 6.50. The minimum Gasteiger partial charge on any atom is -0.303 e. The minimum absolute atomic E-state index is 0.00484. The van der Waals surface area contributed by atoms with E-state index >= 15 is 0 Å². The maximum absolute atomic E-state index is 3.90. The highest BCUT2D eigenvalue weighted by Crippen LogP contribution is 2.55. The third kappa shape index (κ3) is 2.27. The zero-order valence-electron chi connectivity index (χ0n) is 15.0. The summed E-state index contributed by atoms with van der Waals surface area (Å²) in [4.78, 5) is 0. The van der Waals surface area contributed by atoms with E-state index < -0.39 is 0 Å². The Balaban J connectivity index is 1.79. The molecule has 4 aliphatic rings. The van der Waals surface area contributed by atoms with Crippen LogP contribution in [0, 0.1) is 11.8 Å². The number of fused-ring (bicyclic) bond motifs is 2. The second-order valence-electron chi connectivity index (χ2n) is 7.70. The summed E-state index contributed by atoms with van der Waals surface area (Å²) in [7, 11) is 0. The van der Waals surface area contributed by atoms with Crippen molar-refractivity contribution in [2.24, 2.45) is 11.8 Å². The summed E-state index contributed by atoms with van der Waals surface area (Å²) in [5.41, 5.74) is 3.03. The van der Waals surface area contributed by atoms with Gasteiger partial charge in [0.25, 0.3) is 0 Å². The fourth-order valence-electron chi connectivity index (χ4n) is 5.51. The second-order valence-corrected chi connectivity index (χ2v) is 7.70. The van der Waals surface area contributed by atoms with Crippen molar-refractivity contribution < 1.29 is 0 Å². The molecule has 0 aromatic heterocycles. The average molecular weight is 339 g/mol. The van der Waals surface area contributed by atoms with Crippen molar-refractivity contribution >= 4 is 0 Å². The van der Waals surface area contributed by atoms with Gasteiger partial charge in [0.05, 0.1) is 0 Å². The van der Waals surface area contributed by atoms with Crippen LogP contribution >= 0.6 is 0 Å². The van der Waals surface area contributed by atoms with Crippen molar-refractivity contribution in [1.82, 2.24) is 5.32 Å². The van der Waals surface area contributed by atoms with Crippen LogP contribution in [-0.2, 0) is 5.41 Å². The Morgan fingerprint density at radius 1 is 0.769 bits per heavy atom. The maximum atomic E-state index is 3.90. The summed E-state index contributed by atoms with van der Waals surface area (Å²) in [6.45, 7) is 0. The standard InChI is InChI=1S/C25H25N/c1-3-11-19(12-4-1)25(20-13-5-2-6-14-20)21-15-7-9-17-23(21)26-24-18-10-8-16-22(24)25/h1-5,7-13,15-18,21-24,26H,6,14H2. The van der Waals surface area contributed by atoms with Crippen LogP contribution in [0.3, 0.4) is 0 Å². The lowest BCUT2D eigenvalue weighted by Crippen LogP contribution is -2.63. The van der Waals surface area contributed by atoms with Crippen molar-refractivity contribution in [1.29, 1.82) is 0 Å². The van der Waals surface area contributed by atoms with E-state index in [4.69, 9.17) is 0 Å². The normalized spacial score (nSPS) is 37.2. The molecule has 4 atom stereocenters. The molecule has 0 radical (unpaired) electrons. The summed E-state index contributed by atoms with van der Waals surface area (Å²) in [6, 6.07) is 12.0. The number of piperidine rings is 1. The zero-order chi connectivity index (χ0) is 17.4. The molecule has 1 fully saturated rings. The largest absolute Gasteiger partial charge is 0.303 e. The van der Waals surface area contributed by atoms with Crippen LogP contribution in [0.5, 0.6) is 0 Å². The van der Waals surface area contributed by atoms with Crippen molar-refractivity contribution in [3.05, 3.63) is 108 Å². The average Bonchev–Trinajstić information content (AvgIpc) is 2.73. The highest BCUT2D eigenvalue weighted by atomic mass is 15.0. The van der Waals surface area contributed by atoms with Crippen molar-refractivity contribution in [2.45, 2.75) is 30.3 Å². The third-order valence-electron chi connectivity index (χ3n) is 6.50. The van der Waals surface area contributed by atoms with Crippen LogP contribution in [0.1, 0.15) is 18.4 Å². The molecular weight excluding hydrogens is 314 g/mol. The minimum atomic E-state index is -0.00484. The highest BCUT2D eigenvalue weighted by Gasteiger charge is 2.55. The number of allylic oxidation sites excluding steroid dienone is 8. The molecular formula is C25H25N. The molecule has 1 heterocycles. The second kappa shape index (κ2) is 6.41. The molecule has 1 N–H and O–H groups in total. The van der Waals surface area contributed by atoms with E-state index in [1.807, 2.05) is 0 Å². The summed E-state index contributed by atoms with van der Waals surface area (Å²) in [6.07, 6.45) is 27.7. The predicted octanol–water partition coefficient (Wildman–Crippen LogP) is 5.03. The Kier molecular flexibility index (Phi) is 3.90.